The summed E-state index contributed by atoms with van der Waals surface area (Å²) in [5.74, 6) is 0.207. The minimum atomic E-state index is -0.337. The number of hydrogen-bond donors (Lipinski definition) is 1. The maximum absolute atomic E-state index is 12.6. The lowest BCUT2D eigenvalue weighted by atomic mass is 9.90. The fourth-order valence-electron chi connectivity index (χ4n) is 2.71. The van der Waals surface area contributed by atoms with Gasteiger partial charge in [-0.3, -0.25) is 4.79 Å². The molecule has 0 bridgehead atoms. The first-order valence-corrected chi connectivity index (χ1v) is 7.59. The molecule has 1 aliphatic rings. The third-order valence-electron chi connectivity index (χ3n) is 3.77. The van der Waals surface area contributed by atoms with Crippen molar-refractivity contribution in [1.82, 2.24) is 5.32 Å². The van der Waals surface area contributed by atoms with Crippen LogP contribution in [0.15, 0.2) is 24.3 Å². The number of para-hydroxylation sites is 1. The van der Waals surface area contributed by atoms with E-state index < -0.39 is 0 Å². The standard InChI is InChI=1S/C17H26N2O/c1-5-11-18-14-10-12-19(16(20)17(2,3)4)15-9-7-6-8-13(14)15/h6-9,14,18H,5,10-12H2,1-4H3. The minimum Gasteiger partial charge on any atom is -0.312 e. The summed E-state index contributed by atoms with van der Waals surface area (Å²) in [5, 5.41) is 3.59. The first-order valence-electron chi connectivity index (χ1n) is 7.59. The van der Waals surface area contributed by atoms with Gasteiger partial charge in [0, 0.05) is 23.7 Å². The van der Waals surface area contributed by atoms with Gasteiger partial charge in [-0.1, -0.05) is 45.9 Å². The molecular weight excluding hydrogens is 248 g/mol. The second-order valence-electron chi connectivity index (χ2n) is 6.56. The fraction of sp³-hybridized carbons (Fsp3) is 0.588. The third kappa shape index (κ3) is 3.04. The van der Waals surface area contributed by atoms with Gasteiger partial charge in [-0.25, -0.2) is 0 Å². The van der Waals surface area contributed by atoms with Crippen LogP contribution in [0, 0.1) is 5.41 Å². The van der Waals surface area contributed by atoms with E-state index >= 15 is 0 Å². The lowest BCUT2D eigenvalue weighted by Gasteiger charge is -2.37. The Hall–Kier alpha value is -1.35. The zero-order valence-corrected chi connectivity index (χ0v) is 13.1. The normalized spacial score (nSPS) is 18.8. The van der Waals surface area contributed by atoms with Gasteiger partial charge in [0.25, 0.3) is 0 Å². The van der Waals surface area contributed by atoms with E-state index in [2.05, 4.69) is 30.4 Å². The number of fused-ring (bicyclic) bond motifs is 1. The Balaban J connectivity index is 2.29. The Morgan fingerprint density at radius 1 is 1.35 bits per heavy atom. The maximum atomic E-state index is 12.6. The minimum absolute atomic E-state index is 0.207. The van der Waals surface area contributed by atoms with Gasteiger partial charge in [0.05, 0.1) is 0 Å². The summed E-state index contributed by atoms with van der Waals surface area (Å²) in [7, 11) is 0. The summed E-state index contributed by atoms with van der Waals surface area (Å²) >= 11 is 0. The molecular formula is C17H26N2O. The molecule has 3 nitrogen and oxygen atoms in total. The molecule has 0 radical (unpaired) electrons. The van der Waals surface area contributed by atoms with Crippen LogP contribution in [0.4, 0.5) is 5.69 Å². The van der Waals surface area contributed by atoms with Crippen LogP contribution < -0.4 is 10.2 Å². The highest BCUT2D eigenvalue weighted by atomic mass is 16.2. The molecule has 0 saturated carbocycles. The zero-order valence-electron chi connectivity index (χ0n) is 13.1. The second kappa shape index (κ2) is 5.96. The van der Waals surface area contributed by atoms with Crippen molar-refractivity contribution in [3.8, 4) is 0 Å². The van der Waals surface area contributed by atoms with Gasteiger partial charge >= 0.3 is 0 Å². The highest BCUT2D eigenvalue weighted by Crippen LogP contribution is 2.35. The molecule has 1 atom stereocenters. The molecule has 1 unspecified atom stereocenters. The number of nitrogens with one attached hydrogen (secondary N) is 1. The molecule has 2 rings (SSSR count). The van der Waals surface area contributed by atoms with E-state index in [1.807, 2.05) is 31.7 Å². The van der Waals surface area contributed by atoms with Crippen LogP contribution in [-0.4, -0.2) is 19.0 Å². The largest absolute Gasteiger partial charge is 0.312 e. The van der Waals surface area contributed by atoms with Crippen molar-refractivity contribution >= 4 is 11.6 Å². The van der Waals surface area contributed by atoms with Crippen LogP contribution in [0.1, 0.15) is 52.1 Å². The number of amides is 1. The molecule has 110 valence electrons. The Morgan fingerprint density at radius 2 is 2.05 bits per heavy atom. The molecule has 0 saturated heterocycles. The van der Waals surface area contributed by atoms with Crippen molar-refractivity contribution in [1.29, 1.82) is 0 Å². The molecule has 0 aromatic heterocycles. The predicted molar refractivity (Wildman–Crippen MR) is 83.9 cm³/mol. The van der Waals surface area contributed by atoms with Crippen LogP contribution in [0.25, 0.3) is 0 Å². The monoisotopic (exact) mass is 274 g/mol. The van der Waals surface area contributed by atoms with Gasteiger partial charge in [-0.2, -0.15) is 0 Å². The molecule has 1 amide bonds. The van der Waals surface area contributed by atoms with Crippen LogP contribution >= 0.6 is 0 Å². The number of carbonyl (C=O) groups excluding carboxylic acids is 1. The van der Waals surface area contributed by atoms with E-state index in [1.165, 1.54) is 5.56 Å². The lowest BCUT2D eigenvalue weighted by Crippen LogP contribution is -2.44. The number of rotatable bonds is 3. The molecule has 1 N–H and O–H groups in total. The Kier molecular flexibility index (Phi) is 4.48. The Bertz CT molecular complexity index is 476. The molecule has 1 aromatic carbocycles. The Labute approximate surface area is 122 Å². The fourth-order valence-corrected chi connectivity index (χ4v) is 2.71. The second-order valence-corrected chi connectivity index (χ2v) is 6.56. The van der Waals surface area contributed by atoms with Crippen LogP contribution in [0.3, 0.4) is 0 Å². The first-order chi connectivity index (χ1) is 9.45. The van der Waals surface area contributed by atoms with E-state index in [0.29, 0.717) is 6.04 Å². The molecule has 0 spiro atoms. The van der Waals surface area contributed by atoms with E-state index in [0.717, 1.165) is 31.6 Å². The number of anilines is 1. The topological polar surface area (TPSA) is 32.3 Å². The van der Waals surface area contributed by atoms with Gasteiger partial charge in [0.15, 0.2) is 0 Å². The van der Waals surface area contributed by atoms with Gasteiger partial charge in [0.2, 0.25) is 5.91 Å². The first kappa shape index (κ1) is 15.0. The average molecular weight is 274 g/mol. The molecule has 0 fully saturated rings. The molecule has 3 heteroatoms. The number of carbonyl (C=O) groups is 1. The van der Waals surface area contributed by atoms with Crippen molar-refractivity contribution < 1.29 is 4.79 Å². The van der Waals surface area contributed by atoms with Crippen molar-refractivity contribution in [2.24, 2.45) is 5.41 Å². The molecule has 1 heterocycles. The van der Waals surface area contributed by atoms with Gasteiger partial charge < -0.3 is 10.2 Å². The quantitative estimate of drug-likeness (QED) is 0.914. The van der Waals surface area contributed by atoms with Crippen LogP contribution in [0.2, 0.25) is 0 Å². The zero-order chi connectivity index (χ0) is 14.8. The number of hydrogen-bond acceptors (Lipinski definition) is 2. The number of benzene rings is 1. The van der Waals surface area contributed by atoms with Gasteiger partial charge in [-0.05, 0) is 31.0 Å². The lowest BCUT2D eigenvalue weighted by molar-refractivity contribution is -0.125. The van der Waals surface area contributed by atoms with Crippen molar-refractivity contribution in [2.75, 3.05) is 18.0 Å². The number of nitrogens with zero attached hydrogens (tertiary/aromatic N) is 1. The van der Waals surface area contributed by atoms with E-state index in [-0.39, 0.29) is 11.3 Å². The van der Waals surface area contributed by atoms with E-state index in [4.69, 9.17) is 0 Å². The third-order valence-corrected chi connectivity index (χ3v) is 3.77. The molecule has 20 heavy (non-hydrogen) atoms. The van der Waals surface area contributed by atoms with Gasteiger partial charge in [-0.15, -0.1) is 0 Å². The predicted octanol–water partition coefficient (Wildman–Crippen LogP) is 3.51. The van der Waals surface area contributed by atoms with Crippen molar-refractivity contribution in [3.63, 3.8) is 0 Å². The summed E-state index contributed by atoms with van der Waals surface area (Å²) in [6, 6.07) is 8.66. The molecule has 0 aliphatic carbocycles. The summed E-state index contributed by atoms with van der Waals surface area (Å²) in [6.45, 7) is 9.95. The highest BCUT2D eigenvalue weighted by Gasteiger charge is 2.33. The average Bonchev–Trinajstić information content (AvgIpc) is 2.43. The van der Waals surface area contributed by atoms with Crippen molar-refractivity contribution in [3.05, 3.63) is 29.8 Å². The van der Waals surface area contributed by atoms with Crippen LogP contribution in [-0.2, 0) is 4.79 Å². The SMILES string of the molecule is CCCNC1CCN(C(=O)C(C)(C)C)c2ccccc21. The van der Waals surface area contributed by atoms with Crippen molar-refractivity contribution in [2.45, 2.75) is 46.6 Å². The summed E-state index contributed by atoms with van der Waals surface area (Å²) in [4.78, 5) is 14.6. The molecule has 1 aliphatic heterocycles. The smallest absolute Gasteiger partial charge is 0.232 e. The van der Waals surface area contributed by atoms with Gasteiger partial charge in [0.1, 0.15) is 0 Å². The summed E-state index contributed by atoms with van der Waals surface area (Å²) < 4.78 is 0. The van der Waals surface area contributed by atoms with Crippen LogP contribution in [0.5, 0.6) is 0 Å². The highest BCUT2D eigenvalue weighted by molar-refractivity contribution is 5.98. The molecule has 1 aromatic rings. The maximum Gasteiger partial charge on any atom is 0.232 e. The van der Waals surface area contributed by atoms with E-state index in [9.17, 15) is 4.79 Å². The summed E-state index contributed by atoms with van der Waals surface area (Å²) in [5.41, 5.74) is 1.99. The summed E-state index contributed by atoms with van der Waals surface area (Å²) in [6.07, 6.45) is 2.11. The van der Waals surface area contributed by atoms with E-state index in [1.54, 1.807) is 0 Å². The Morgan fingerprint density at radius 3 is 2.70 bits per heavy atom.